The highest BCUT2D eigenvalue weighted by Gasteiger charge is 2.32. The van der Waals surface area contributed by atoms with Gasteiger partial charge in [-0.05, 0) is 32.1 Å². The number of urea groups is 1. The highest BCUT2D eigenvalue weighted by molar-refractivity contribution is 5.83. The van der Waals surface area contributed by atoms with Gasteiger partial charge in [0.2, 0.25) is 0 Å². The molecule has 1 saturated heterocycles. The molecule has 0 saturated carbocycles. The molecule has 0 aromatic carbocycles. The molecule has 1 aliphatic heterocycles. The molecular formula is C12H22N2O3. The third-order valence-electron chi connectivity index (χ3n) is 3.36. The number of likely N-dealkylation sites (tertiary alicyclic amines) is 1. The molecule has 0 spiro atoms. The van der Waals surface area contributed by atoms with Gasteiger partial charge >= 0.3 is 12.0 Å². The van der Waals surface area contributed by atoms with E-state index in [-0.39, 0.29) is 12.1 Å². The monoisotopic (exact) mass is 242 g/mol. The molecule has 0 aliphatic carbocycles. The molecule has 1 atom stereocenters. The van der Waals surface area contributed by atoms with Crippen LogP contribution in [0.4, 0.5) is 4.79 Å². The lowest BCUT2D eigenvalue weighted by atomic mass is 10.0. The first kappa shape index (κ1) is 13.8. The van der Waals surface area contributed by atoms with Crippen LogP contribution in [-0.2, 0) is 4.79 Å². The predicted molar refractivity (Wildman–Crippen MR) is 64.9 cm³/mol. The molecule has 98 valence electrons. The Morgan fingerprint density at radius 2 is 2.00 bits per heavy atom. The zero-order valence-corrected chi connectivity index (χ0v) is 10.6. The number of carboxylic acid groups (broad SMARTS) is 1. The third kappa shape index (κ3) is 3.61. The summed E-state index contributed by atoms with van der Waals surface area (Å²) in [7, 11) is 0. The zero-order chi connectivity index (χ0) is 12.8. The molecule has 1 fully saturated rings. The number of hydrogen-bond acceptors (Lipinski definition) is 2. The van der Waals surface area contributed by atoms with Crippen LogP contribution in [0.1, 0.15) is 46.0 Å². The van der Waals surface area contributed by atoms with Crippen molar-refractivity contribution in [2.24, 2.45) is 0 Å². The molecule has 2 amide bonds. The second-order valence-electron chi connectivity index (χ2n) is 4.51. The van der Waals surface area contributed by atoms with Gasteiger partial charge in [0, 0.05) is 12.6 Å². The van der Waals surface area contributed by atoms with E-state index in [1.807, 2.05) is 13.8 Å². The largest absolute Gasteiger partial charge is 0.480 e. The van der Waals surface area contributed by atoms with Crippen LogP contribution in [-0.4, -0.2) is 40.6 Å². The summed E-state index contributed by atoms with van der Waals surface area (Å²) in [6.45, 7) is 4.57. The number of carboxylic acids is 1. The summed E-state index contributed by atoms with van der Waals surface area (Å²) in [5.74, 6) is -0.899. The summed E-state index contributed by atoms with van der Waals surface area (Å²) >= 11 is 0. The molecule has 5 nitrogen and oxygen atoms in total. The van der Waals surface area contributed by atoms with Crippen LogP contribution in [0, 0.1) is 0 Å². The predicted octanol–water partition coefficient (Wildman–Crippen LogP) is 1.82. The molecule has 2 N–H and O–H groups in total. The van der Waals surface area contributed by atoms with Crippen LogP contribution >= 0.6 is 0 Å². The summed E-state index contributed by atoms with van der Waals surface area (Å²) < 4.78 is 0. The molecular weight excluding hydrogens is 220 g/mol. The molecule has 1 aliphatic rings. The van der Waals surface area contributed by atoms with Gasteiger partial charge in [0.05, 0.1) is 0 Å². The van der Waals surface area contributed by atoms with Gasteiger partial charge < -0.3 is 15.3 Å². The van der Waals surface area contributed by atoms with Crippen molar-refractivity contribution in [1.29, 1.82) is 0 Å². The average Bonchev–Trinajstić information content (AvgIpc) is 2.35. The van der Waals surface area contributed by atoms with Crippen LogP contribution in [0.15, 0.2) is 0 Å². The van der Waals surface area contributed by atoms with Crippen LogP contribution < -0.4 is 5.32 Å². The van der Waals surface area contributed by atoms with Gasteiger partial charge in [-0.3, -0.25) is 0 Å². The summed E-state index contributed by atoms with van der Waals surface area (Å²) in [5, 5.41) is 12.0. The fraction of sp³-hybridized carbons (Fsp3) is 0.833. The minimum atomic E-state index is -0.899. The van der Waals surface area contributed by atoms with Gasteiger partial charge in [0.1, 0.15) is 6.04 Å². The fourth-order valence-corrected chi connectivity index (χ4v) is 2.18. The Kier molecular flexibility index (Phi) is 5.25. The number of hydrogen-bond donors (Lipinski definition) is 2. The van der Waals surface area contributed by atoms with Gasteiger partial charge in [0.25, 0.3) is 0 Å². The van der Waals surface area contributed by atoms with Crippen LogP contribution in [0.5, 0.6) is 0 Å². The molecule has 1 heterocycles. The van der Waals surface area contributed by atoms with E-state index in [9.17, 15) is 9.59 Å². The van der Waals surface area contributed by atoms with E-state index in [1.54, 1.807) is 0 Å². The Hall–Kier alpha value is -1.26. The van der Waals surface area contributed by atoms with E-state index in [1.165, 1.54) is 4.90 Å². The van der Waals surface area contributed by atoms with Gasteiger partial charge in [0.15, 0.2) is 0 Å². The minimum absolute atomic E-state index is 0.138. The molecule has 0 aromatic rings. The maximum Gasteiger partial charge on any atom is 0.326 e. The average molecular weight is 242 g/mol. The quantitative estimate of drug-likeness (QED) is 0.790. The molecule has 0 bridgehead atoms. The Morgan fingerprint density at radius 1 is 1.35 bits per heavy atom. The number of nitrogens with one attached hydrogen (secondary N) is 1. The van der Waals surface area contributed by atoms with Crippen molar-refractivity contribution in [3.63, 3.8) is 0 Å². The topological polar surface area (TPSA) is 69.6 Å². The summed E-state index contributed by atoms with van der Waals surface area (Å²) in [6.07, 6.45) is 4.07. The Morgan fingerprint density at radius 3 is 2.53 bits per heavy atom. The summed E-state index contributed by atoms with van der Waals surface area (Å²) in [6, 6.07) is -0.747. The van der Waals surface area contributed by atoms with E-state index in [4.69, 9.17) is 5.11 Å². The molecule has 17 heavy (non-hydrogen) atoms. The molecule has 1 unspecified atom stereocenters. The lowest BCUT2D eigenvalue weighted by Gasteiger charge is -2.34. The number of aliphatic carboxylic acids is 1. The van der Waals surface area contributed by atoms with E-state index >= 15 is 0 Å². The van der Waals surface area contributed by atoms with Crippen molar-refractivity contribution in [1.82, 2.24) is 10.2 Å². The van der Waals surface area contributed by atoms with Crippen molar-refractivity contribution in [3.05, 3.63) is 0 Å². The van der Waals surface area contributed by atoms with E-state index in [0.717, 1.165) is 25.7 Å². The lowest BCUT2D eigenvalue weighted by molar-refractivity contribution is -0.143. The Bertz CT molecular complexity index is 277. The number of carbonyl (C=O) groups is 2. The first-order valence-corrected chi connectivity index (χ1v) is 6.40. The van der Waals surface area contributed by atoms with Crippen LogP contribution in [0.25, 0.3) is 0 Å². The van der Waals surface area contributed by atoms with Gasteiger partial charge in [-0.2, -0.15) is 0 Å². The molecule has 0 aromatic heterocycles. The van der Waals surface area contributed by atoms with Crippen LogP contribution in [0.2, 0.25) is 0 Å². The van der Waals surface area contributed by atoms with Gasteiger partial charge in [-0.15, -0.1) is 0 Å². The van der Waals surface area contributed by atoms with Gasteiger partial charge in [-0.1, -0.05) is 13.8 Å². The fourth-order valence-electron chi connectivity index (χ4n) is 2.18. The summed E-state index contributed by atoms with van der Waals surface area (Å²) in [5.41, 5.74) is 0. The van der Waals surface area contributed by atoms with E-state index < -0.39 is 12.0 Å². The van der Waals surface area contributed by atoms with Crippen molar-refractivity contribution in [3.8, 4) is 0 Å². The maximum absolute atomic E-state index is 12.0. The smallest absolute Gasteiger partial charge is 0.326 e. The molecule has 1 rings (SSSR count). The number of piperidine rings is 1. The zero-order valence-electron chi connectivity index (χ0n) is 10.6. The van der Waals surface area contributed by atoms with E-state index in [0.29, 0.717) is 13.0 Å². The lowest BCUT2D eigenvalue weighted by Crippen LogP contribution is -2.53. The van der Waals surface area contributed by atoms with E-state index in [2.05, 4.69) is 5.32 Å². The normalized spacial score (nSPS) is 20.4. The number of carbonyl (C=O) groups excluding carboxylic acids is 1. The standard InChI is InChI=1S/C12H22N2O3/c1-3-9(4-2)13-12(17)14-8-6-5-7-10(14)11(15)16/h9-10H,3-8H2,1-2H3,(H,13,17)(H,15,16). The molecule has 5 heteroatoms. The number of nitrogens with zero attached hydrogens (tertiary/aromatic N) is 1. The molecule has 0 radical (unpaired) electrons. The third-order valence-corrected chi connectivity index (χ3v) is 3.36. The highest BCUT2D eigenvalue weighted by Crippen LogP contribution is 2.17. The number of amides is 2. The highest BCUT2D eigenvalue weighted by atomic mass is 16.4. The Balaban J connectivity index is 2.61. The van der Waals surface area contributed by atoms with Crippen molar-refractivity contribution in [2.75, 3.05) is 6.54 Å². The van der Waals surface area contributed by atoms with Gasteiger partial charge in [-0.25, -0.2) is 9.59 Å². The first-order valence-electron chi connectivity index (χ1n) is 6.40. The minimum Gasteiger partial charge on any atom is -0.480 e. The van der Waals surface area contributed by atoms with Crippen LogP contribution in [0.3, 0.4) is 0 Å². The van der Waals surface area contributed by atoms with Crippen molar-refractivity contribution in [2.45, 2.75) is 58.0 Å². The number of rotatable bonds is 4. The second kappa shape index (κ2) is 6.47. The van der Waals surface area contributed by atoms with Crippen molar-refractivity contribution >= 4 is 12.0 Å². The first-order chi connectivity index (χ1) is 8.10. The Labute approximate surface area is 102 Å². The summed E-state index contributed by atoms with van der Waals surface area (Å²) in [4.78, 5) is 24.5. The second-order valence-corrected chi connectivity index (χ2v) is 4.51. The SMILES string of the molecule is CCC(CC)NC(=O)N1CCCCC1C(=O)O. The van der Waals surface area contributed by atoms with Crippen molar-refractivity contribution < 1.29 is 14.7 Å². The maximum atomic E-state index is 12.0.